The Morgan fingerprint density at radius 3 is 2.48 bits per heavy atom. The molecule has 0 aliphatic heterocycles. The van der Waals surface area contributed by atoms with E-state index in [0.717, 1.165) is 11.6 Å². The van der Waals surface area contributed by atoms with E-state index < -0.39 is 17.4 Å². The number of para-hydroxylation sites is 1. The molecule has 148 valence electrons. The molecule has 1 amide bonds. The van der Waals surface area contributed by atoms with Crippen LogP contribution in [-0.2, 0) is 11.2 Å². The molecule has 0 spiro atoms. The summed E-state index contributed by atoms with van der Waals surface area (Å²) in [5.74, 6) is -0.134. The Bertz CT molecular complexity index is 1090. The summed E-state index contributed by atoms with van der Waals surface area (Å²) in [7, 11) is 2.83. The van der Waals surface area contributed by atoms with E-state index in [0.29, 0.717) is 18.0 Å². The van der Waals surface area contributed by atoms with Gasteiger partial charge in [0.25, 0.3) is 11.5 Å². The number of nitrogens with one attached hydrogen (secondary N) is 2. The van der Waals surface area contributed by atoms with Gasteiger partial charge < -0.3 is 19.8 Å². The van der Waals surface area contributed by atoms with Crippen LogP contribution in [0.3, 0.4) is 0 Å². The second kappa shape index (κ2) is 8.83. The molecule has 1 heterocycles. The maximum absolute atomic E-state index is 12.6. The fourth-order valence-electron chi connectivity index (χ4n) is 2.71. The van der Waals surface area contributed by atoms with Crippen LogP contribution in [0.1, 0.15) is 32.2 Å². The number of anilines is 1. The fraction of sp³-hybridized carbons (Fsp3) is 0.143. The maximum atomic E-state index is 12.6. The van der Waals surface area contributed by atoms with Crippen LogP contribution in [0.15, 0.2) is 59.4 Å². The summed E-state index contributed by atoms with van der Waals surface area (Å²) in [5, 5.41) is 2.60. The van der Waals surface area contributed by atoms with Crippen molar-refractivity contribution < 1.29 is 19.1 Å². The Morgan fingerprint density at radius 1 is 1.07 bits per heavy atom. The lowest BCUT2D eigenvalue weighted by atomic mass is 10.1. The first-order chi connectivity index (χ1) is 14.0. The van der Waals surface area contributed by atoms with Gasteiger partial charge in [0.1, 0.15) is 17.3 Å². The van der Waals surface area contributed by atoms with Gasteiger partial charge in [-0.05, 0) is 29.8 Å². The molecule has 0 saturated heterocycles. The molecule has 0 bridgehead atoms. The number of benzene rings is 2. The van der Waals surface area contributed by atoms with Gasteiger partial charge in [0, 0.05) is 12.5 Å². The maximum Gasteiger partial charge on any atom is 0.339 e. The van der Waals surface area contributed by atoms with Crippen molar-refractivity contribution in [2.45, 2.75) is 6.42 Å². The molecular weight excluding hydrogens is 374 g/mol. The summed E-state index contributed by atoms with van der Waals surface area (Å²) >= 11 is 0. The van der Waals surface area contributed by atoms with Gasteiger partial charge in [-0.15, -0.1) is 0 Å². The monoisotopic (exact) mass is 393 g/mol. The SMILES string of the molecule is COC(=O)c1ccccc1NC(=O)c1cc(=O)[nH]c(Cc2ccc(OC)cc2)n1. The van der Waals surface area contributed by atoms with Crippen molar-refractivity contribution in [1.29, 1.82) is 0 Å². The zero-order valence-electron chi connectivity index (χ0n) is 15.9. The van der Waals surface area contributed by atoms with E-state index in [4.69, 9.17) is 9.47 Å². The van der Waals surface area contributed by atoms with Gasteiger partial charge in [0.15, 0.2) is 0 Å². The van der Waals surface area contributed by atoms with Crippen LogP contribution >= 0.6 is 0 Å². The van der Waals surface area contributed by atoms with Crippen molar-refractivity contribution in [2.24, 2.45) is 0 Å². The number of ether oxygens (including phenoxy) is 2. The Labute approximate surface area is 166 Å². The largest absolute Gasteiger partial charge is 0.497 e. The number of rotatable bonds is 6. The molecule has 0 fully saturated rings. The third-order valence-electron chi connectivity index (χ3n) is 4.13. The molecule has 2 N–H and O–H groups in total. The molecule has 8 heteroatoms. The Balaban J connectivity index is 1.83. The van der Waals surface area contributed by atoms with E-state index in [1.807, 2.05) is 12.1 Å². The number of methoxy groups -OCH3 is 2. The molecule has 0 aliphatic rings. The highest BCUT2D eigenvalue weighted by Gasteiger charge is 2.16. The predicted octanol–water partition coefficient (Wildman–Crippen LogP) is 2.41. The Hall–Kier alpha value is -3.94. The van der Waals surface area contributed by atoms with Crippen molar-refractivity contribution in [3.8, 4) is 5.75 Å². The molecule has 3 aromatic rings. The van der Waals surface area contributed by atoms with Crippen LogP contribution in [0.5, 0.6) is 5.75 Å². The smallest absolute Gasteiger partial charge is 0.339 e. The van der Waals surface area contributed by atoms with Gasteiger partial charge in [0.2, 0.25) is 0 Å². The summed E-state index contributed by atoms with van der Waals surface area (Å²) in [6.07, 6.45) is 0.332. The number of H-pyrrole nitrogens is 1. The van der Waals surface area contributed by atoms with E-state index >= 15 is 0 Å². The van der Waals surface area contributed by atoms with E-state index in [2.05, 4.69) is 15.3 Å². The fourth-order valence-corrected chi connectivity index (χ4v) is 2.71. The number of aromatic nitrogens is 2. The van der Waals surface area contributed by atoms with Crippen molar-refractivity contribution in [1.82, 2.24) is 9.97 Å². The molecule has 0 saturated carbocycles. The van der Waals surface area contributed by atoms with Crippen molar-refractivity contribution in [2.75, 3.05) is 19.5 Å². The van der Waals surface area contributed by atoms with E-state index in [1.54, 1.807) is 37.4 Å². The number of carbonyl (C=O) groups is 2. The third kappa shape index (κ3) is 4.86. The average Bonchev–Trinajstić information content (AvgIpc) is 2.73. The van der Waals surface area contributed by atoms with Gasteiger partial charge in [-0.1, -0.05) is 24.3 Å². The van der Waals surface area contributed by atoms with Gasteiger partial charge in [-0.3, -0.25) is 9.59 Å². The van der Waals surface area contributed by atoms with Gasteiger partial charge in [-0.2, -0.15) is 0 Å². The summed E-state index contributed by atoms with van der Waals surface area (Å²) in [4.78, 5) is 43.4. The molecule has 2 aromatic carbocycles. The van der Waals surface area contributed by atoms with Gasteiger partial charge in [-0.25, -0.2) is 9.78 Å². The van der Waals surface area contributed by atoms with Crippen molar-refractivity contribution >= 4 is 17.6 Å². The van der Waals surface area contributed by atoms with E-state index in [1.165, 1.54) is 13.2 Å². The number of hydrogen-bond donors (Lipinski definition) is 2. The highest BCUT2D eigenvalue weighted by atomic mass is 16.5. The van der Waals surface area contributed by atoms with Crippen molar-refractivity contribution in [3.63, 3.8) is 0 Å². The van der Waals surface area contributed by atoms with Crippen LogP contribution in [-0.4, -0.2) is 36.1 Å². The normalized spacial score (nSPS) is 10.3. The van der Waals surface area contributed by atoms with Crippen LogP contribution in [0, 0.1) is 0 Å². The molecule has 0 atom stereocenters. The molecule has 0 aliphatic carbocycles. The highest BCUT2D eigenvalue weighted by Crippen LogP contribution is 2.17. The lowest BCUT2D eigenvalue weighted by molar-refractivity contribution is 0.0602. The van der Waals surface area contributed by atoms with E-state index in [9.17, 15) is 14.4 Å². The minimum absolute atomic E-state index is 0.0584. The molecule has 3 rings (SSSR count). The van der Waals surface area contributed by atoms with Crippen molar-refractivity contribution in [3.05, 3.63) is 87.6 Å². The van der Waals surface area contributed by atoms with E-state index in [-0.39, 0.29) is 16.9 Å². The zero-order chi connectivity index (χ0) is 20.8. The lowest BCUT2D eigenvalue weighted by Crippen LogP contribution is -2.21. The number of nitrogens with zero attached hydrogens (tertiary/aromatic N) is 1. The minimum atomic E-state index is -0.608. The minimum Gasteiger partial charge on any atom is -0.497 e. The number of aromatic amines is 1. The van der Waals surface area contributed by atoms with Crippen LogP contribution in [0.2, 0.25) is 0 Å². The molecule has 29 heavy (non-hydrogen) atoms. The van der Waals surface area contributed by atoms with Crippen LogP contribution in [0.25, 0.3) is 0 Å². The number of hydrogen-bond acceptors (Lipinski definition) is 6. The van der Waals surface area contributed by atoms with Crippen LogP contribution < -0.4 is 15.6 Å². The number of amides is 1. The third-order valence-corrected chi connectivity index (χ3v) is 4.13. The van der Waals surface area contributed by atoms with Gasteiger partial charge in [0.05, 0.1) is 25.5 Å². The molecule has 1 aromatic heterocycles. The highest BCUT2D eigenvalue weighted by molar-refractivity contribution is 6.07. The molecule has 0 unspecified atom stereocenters. The average molecular weight is 393 g/mol. The lowest BCUT2D eigenvalue weighted by Gasteiger charge is -2.10. The number of carbonyl (C=O) groups excluding carboxylic acids is 2. The topological polar surface area (TPSA) is 110 Å². The predicted molar refractivity (Wildman–Crippen MR) is 106 cm³/mol. The first-order valence-electron chi connectivity index (χ1n) is 8.72. The standard InChI is InChI=1S/C21H19N3O5/c1-28-14-9-7-13(8-10-14)11-18-22-17(12-19(25)24-18)20(26)23-16-6-4-3-5-15(16)21(27)29-2/h3-10,12H,11H2,1-2H3,(H,23,26)(H,22,24,25). The molecule has 8 nitrogen and oxygen atoms in total. The first kappa shape index (κ1) is 19.8. The summed E-state index contributed by atoms with van der Waals surface area (Å²) in [5.41, 5.74) is 0.851. The summed E-state index contributed by atoms with van der Waals surface area (Å²) < 4.78 is 9.84. The molecular formula is C21H19N3O5. The number of esters is 1. The Kier molecular flexibility index (Phi) is 6.03. The molecule has 0 radical (unpaired) electrons. The summed E-state index contributed by atoms with van der Waals surface area (Å²) in [6, 6.07) is 14.8. The summed E-state index contributed by atoms with van der Waals surface area (Å²) in [6.45, 7) is 0. The quantitative estimate of drug-likeness (QED) is 0.622. The second-order valence-electron chi connectivity index (χ2n) is 6.09. The Morgan fingerprint density at radius 2 is 1.79 bits per heavy atom. The zero-order valence-corrected chi connectivity index (χ0v) is 15.9. The first-order valence-corrected chi connectivity index (χ1v) is 8.72. The van der Waals surface area contributed by atoms with Crippen LogP contribution in [0.4, 0.5) is 5.69 Å². The second-order valence-corrected chi connectivity index (χ2v) is 6.09. The van der Waals surface area contributed by atoms with Gasteiger partial charge >= 0.3 is 5.97 Å².